The number of halogens is 1. The van der Waals surface area contributed by atoms with Crippen molar-refractivity contribution in [2.24, 2.45) is 5.92 Å². The first-order valence-electron chi connectivity index (χ1n) is 6.64. The van der Waals surface area contributed by atoms with E-state index in [0.29, 0.717) is 23.4 Å². The molecule has 106 valence electrons. The monoisotopic (exact) mass is 293 g/mol. The van der Waals surface area contributed by atoms with Gasteiger partial charge in [-0.2, -0.15) is 4.98 Å². The summed E-state index contributed by atoms with van der Waals surface area (Å²) in [7, 11) is 0. The Morgan fingerprint density at radius 3 is 3.05 bits per heavy atom. The Labute approximate surface area is 121 Å². The van der Waals surface area contributed by atoms with Crippen LogP contribution in [-0.4, -0.2) is 23.2 Å². The molecule has 1 aliphatic rings. The molecular weight excluding hydrogens is 277 g/mol. The van der Waals surface area contributed by atoms with E-state index in [4.69, 9.17) is 4.52 Å². The fourth-order valence-corrected chi connectivity index (χ4v) is 2.87. The minimum absolute atomic E-state index is 0.227. The van der Waals surface area contributed by atoms with Gasteiger partial charge >= 0.3 is 0 Å². The van der Waals surface area contributed by atoms with E-state index in [1.807, 2.05) is 6.07 Å². The number of hydrogen-bond acceptors (Lipinski definition) is 5. The van der Waals surface area contributed by atoms with Crippen molar-refractivity contribution < 1.29 is 8.91 Å². The van der Waals surface area contributed by atoms with Crippen LogP contribution in [0.25, 0.3) is 0 Å². The molecule has 0 spiro atoms. The average molecular weight is 293 g/mol. The standard InChI is InChI=1S/C14H16FN3OS/c1-9(10-6-16-7-10)14-17-13(18-19-14)8-20-12-4-2-3-11(15)5-12/h2-5,9-10,16H,6-8H2,1H3. The van der Waals surface area contributed by atoms with Gasteiger partial charge in [0.2, 0.25) is 5.89 Å². The van der Waals surface area contributed by atoms with Crippen molar-refractivity contribution >= 4 is 11.8 Å². The Morgan fingerprint density at radius 2 is 2.35 bits per heavy atom. The molecule has 6 heteroatoms. The van der Waals surface area contributed by atoms with Crippen molar-refractivity contribution in [1.82, 2.24) is 15.5 Å². The lowest BCUT2D eigenvalue weighted by Gasteiger charge is -2.30. The van der Waals surface area contributed by atoms with Crippen LogP contribution in [0.1, 0.15) is 24.6 Å². The zero-order chi connectivity index (χ0) is 13.9. The van der Waals surface area contributed by atoms with Crippen LogP contribution in [0.5, 0.6) is 0 Å². The third-order valence-electron chi connectivity index (χ3n) is 3.56. The van der Waals surface area contributed by atoms with Gasteiger partial charge in [0.05, 0.1) is 5.75 Å². The summed E-state index contributed by atoms with van der Waals surface area (Å²) in [6.45, 7) is 4.14. The molecule has 1 N–H and O–H groups in total. The van der Waals surface area contributed by atoms with E-state index in [1.165, 1.54) is 23.9 Å². The third kappa shape index (κ3) is 3.02. The van der Waals surface area contributed by atoms with Crippen LogP contribution in [0.2, 0.25) is 0 Å². The Balaban J connectivity index is 1.59. The highest BCUT2D eigenvalue weighted by atomic mass is 32.2. The van der Waals surface area contributed by atoms with Gasteiger partial charge in [-0.05, 0) is 37.2 Å². The Kier molecular flexibility index (Phi) is 4.03. The molecule has 2 aromatic rings. The Morgan fingerprint density at radius 1 is 1.50 bits per heavy atom. The highest BCUT2D eigenvalue weighted by Crippen LogP contribution is 2.27. The Bertz CT molecular complexity index is 585. The van der Waals surface area contributed by atoms with E-state index in [2.05, 4.69) is 22.4 Å². The molecule has 1 atom stereocenters. The summed E-state index contributed by atoms with van der Waals surface area (Å²) < 4.78 is 18.4. The van der Waals surface area contributed by atoms with Crippen molar-refractivity contribution in [2.75, 3.05) is 13.1 Å². The first-order chi connectivity index (χ1) is 9.72. The minimum atomic E-state index is -0.227. The van der Waals surface area contributed by atoms with Crippen molar-refractivity contribution in [2.45, 2.75) is 23.5 Å². The lowest BCUT2D eigenvalue weighted by atomic mass is 9.89. The minimum Gasteiger partial charge on any atom is -0.339 e. The summed E-state index contributed by atoms with van der Waals surface area (Å²) in [5.74, 6) is 2.59. The summed E-state index contributed by atoms with van der Waals surface area (Å²) in [4.78, 5) is 5.30. The van der Waals surface area contributed by atoms with Gasteiger partial charge in [-0.15, -0.1) is 11.8 Å². The predicted molar refractivity (Wildman–Crippen MR) is 75.0 cm³/mol. The molecule has 0 aliphatic carbocycles. The van der Waals surface area contributed by atoms with E-state index in [9.17, 15) is 4.39 Å². The summed E-state index contributed by atoms with van der Waals surface area (Å²) in [6.07, 6.45) is 0. The molecule has 1 saturated heterocycles. The molecule has 0 saturated carbocycles. The van der Waals surface area contributed by atoms with Crippen molar-refractivity contribution in [3.05, 3.63) is 41.8 Å². The summed E-state index contributed by atoms with van der Waals surface area (Å²) in [5, 5.41) is 7.24. The lowest BCUT2D eigenvalue weighted by molar-refractivity contribution is 0.252. The van der Waals surface area contributed by atoms with E-state index in [-0.39, 0.29) is 11.7 Å². The molecule has 20 heavy (non-hydrogen) atoms. The smallest absolute Gasteiger partial charge is 0.229 e. The number of rotatable bonds is 5. The van der Waals surface area contributed by atoms with Crippen LogP contribution in [0.15, 0.2) is 33.7 Å². The summed E-state index contributed by atoms with van der Waals surface area (Å²) in [5.41, 5.74) is 0. The Hall–Kier alpha value is -1.40. The quantitative estimate of drug-likeness (QED) is 0.859. The number of nitrogens with zero attached hydrogens (tertiary/aromatic N) is 2. The van der Waals surface area contributed by atoms with Crippen LogP contribution in [0, 0.1) is 11.7 Å². The molecule has 0 amide bonds. The fourth-order valence-electron chi connectivity index (χ4n) is 2.08. The van der Waals surface area contributed by atoms with E-state index >= 15 is 0 Å². The summed E-state index contributed by atoms with van der Waals surface area (Å²) in [6, 6.07) is 6.52. The summed E-state index contributed by atoms with van der Waals surface area (Å²) >= 11 is 1.50. The topological polar surface area (TPSA) is 51.0 Å². The van der Waals surface area contributed by atoms with E-state index < -0.39 is 0 Å². The highest BCUT2D eigenvalue weighted by Gasteiger charge is 2.28. The first kappa shape index (κ1) is 13.6. The first-order valence-corrected chi connectivity index (χ1v) is 7.62. The largest absolute Gasteiger partial charge is 0.339 e. The lowest BCUT2D eigenvalue weighted by Crippen LogP contribution is -2.44. The van der Waals surface area contributed by atoms with Crippen molar-refractivity contribution in [1.29, 1.82) is 0 Å². The maximum absolute atomic E-state index is 13.1. The van der Waals surface area contributed by atoms with Gasteiger partial charge in [-0.3, -0.25) is 0 Å². The maximum Gasteiger partial charge on any atom is 0.229 e. The zero-order valence-corrected chi connectivity index (χ0v) is 12.0. The van der Waals surface area contributed by atoms with Crippen molar-refractivity contribution in [3.8, 4) is 0 Å². The average Bonchev–Trinajstić information content (AvgIpc) is 2.83. The molecule has 1 fully saturated rings. The van der Waals surface area contributed by atoms with Crippen LogP contribution < -0.4 is 5.32 Å². The van der Waals surface area contributed by atoms with Gasteiger partial charge in [0.25, 0.3) is 0 Å². The number of benzene rings is 1. The molecule has 1 unspecified atom stereocenters. The van der Waals surface area contributed by atoms with Crippen LogP contribution in [0.4, 0.5) is 4.39 Å². The van der Waals surface area contributed by atoms with Gasteiger partial charge in [0.1, 0.15) is 5.82 Å². The highest BCUT2D eigenvalue weighted by molar-refractivity contribution is 7.98. The second-order valence-electron chi connectivity index (χ2n) is 5.00. The third-order valence-corrected chi connectivity index (χ3v) is 4.55. The number of nitrogens with one attached hydrogen (secondary N) is 1. The van der Waals surface area contributed by atoms with E-state index in [1.54, 1.807) is 6.07 Å². The van der Waals surface area contributed by atoms with Gasteiger partial charge in [-0.25, -0.2) is 4.39 Å². The van der Waals surface area contributed by atoms with Crippen molar-refractivity contribution in [3.63, 3.8) is 0 Å². The molecule has 0 bridgehead atoms. The van der Waals surface area contributed by atoms with Gasteiger partial charge < -0.3 is 9.84 Å². The molecular formula is C14H16FN3OS. The maximum atomic E-state index is 13.1. The molecule has 1 aromatic heterocycles. The SMILES string of the molecule is CC(c1nc(CSc2cccc(F)c2)no1)C1CNC1. The second-order valence-corrected chi connectivity index (χ2v) is 6.05. The zero-order valence-electron chi connectivity index (χ0n) is 11.2. The molecule has 3 rings (SSSR count). The van der Waals surface area contributed by atoms with Crippen LogP contribution >= 0.6 is 11.8 Å². The number of hydrogen-bond donors (Lipinski definition) is 1. The van der Waals surface area contributed by atoms with E-state index in [0.717, 1.165) is 18.0 Å². The van der Waals surface area contributed by atoms with Gasteiger partial charge in [0.15, 0.2) is 5.82 Å². The molecule has 2 heterocycles. The van der Waals surface area contributed by atoms with Crippen LogP contribution in [-0.2, 0) is 5.75 Å². The van der Waals surface area contributed by atoms with Gasteiger partial charge in [-0.1, -0.05) is 18.1 Å². The number of thioether (sulfide) groups is 1. The molecule has 1 aromatic carbocycles. The number of aromatic nitrogens is 2. The normalized spacial score (nSPS) is 16.9. The molecule has 1 aliphatic heterocycles. The molecule has 0 radical (unpaired) electrons. The predicted octanol–water partition coefficient (Wildman–Crippen LogP) is 2.82. The second kappa shape index (κ2) is 5.93. The van der Waals surface area contributed by atoms with Crippen LogP contribution in [0.3, 0.4) is 0 Å². The fraction of sp³-hybridized carbons (Fsp3) is 0.429. The molecule has 4 nitrogen and oxygen atoms in total. The van der Waals surface area contributed by atoms with Gasteiger partial charge in [0, 0.05) is 10.8 Å².